The zero-order valence-corrected chi connectivity index (χ0v) is 14.9. The number of methoxy groups -OCH3 is 1. The van der Waals surface area contributed by atoms with Crippen LogP contribution in [0.2, 0.25) is 0 Å². The molecule has 1 saturated heterocycles. The highest BCUT2D eigenvalue weighted by molar-refractivity contribution is 5.79. The molecule has 23 heavy (non-hydrogen) atoms. The number of rotatable bonds is 6. The van der Waals surface area contributed by atoms with Gasteiger partial charge in [-0.2, -0.15) is 0 Å². The number of benzene rings is 1. The average Bonchev–Trinajstić information content (AvgIpc) is 2.96. The molecule has 0 saturated carbocycles. The largest absolute Gasteiger partial charge is 0.496 e. The summed E-state index contributed by atoms with van der Waals surface area (Å²) in [6, 6.07) is 6.91. The topological polar surface area (TPSA) is 48.9 Å². The lowest BCUT2D eigenvalue weighted by Gasteiger charge is -2.21. The van der Waals surface area contributed by atoms with Crippen LogP contribution < -0.4 is 15.4 Å². The van der Waals surface area contributed by atoms with E-state index in [-0.39, 0.29) is 0 Å². The highest BCUT2D eigenvalue weighted by Gasteiger charge is 2.20. The summed E-state index contributed by atoms with van der Waals surface area (Å²) >= 11 is 0. The van der Waals surface area contributed by atoms with Crippen LogP contribution in [0.15, 0.2) is 23.2 Å². The van der Waals surface area contributed by atoms with Crippen molar-refractivity contribution in [3.8, 4) is 5.75 Å². The van der Waals surface area contributed by atoms with Crippen molar-refractivity contribution in [3.63, 3.8) is 0 Å². The van der Waals surface area contributed by atoms with Gasteiger partial charge in [0.1, 0.15) is 5.75 Å². The Hall–Kier alpha value is -1.75. The lowest BCUT2D eigenvalue weighted by Crippen LogP contribution is -2.44. The first-order valence-electron chi connectivity index (χ1n) is 8.42. The number of aliphatic imine (C=N–C) groups is 1. The minimum atomic E-state index is 0.616. The van der Waals surface area contributed by atoms with Crippen molar-refractivity contribution in [2.24, 2.45) is 4.99 Å². The summed E-state index contributed by atoms with van der Waals surface area (Å²) in [5.41, 5.74) is 2.48. The summed E-state index contributed by atoms with van der Waals surface area (Å²) in [4.78, 5) is 6.72. The fourth-order valence-corrected chi connectivity index (χ4v) is 3.09. The van der Waals surface area contributed by atoms with E-state index < -0.39 is 0 Å². The standard InChI is InChI=1S/C18H30N4O/c1-14-7-8-17(23-4)15(12-14)9-10-20-18(19-2)21-13-16-6-5-11-22(16)3/h7-8,12,16H,5-6,9-11,13H2,1-4H3,(H2,19,20,21). The second kappa shape index (κ2) is 8.77. The number of nitrogens with zero attached hydrogens (tertiary/aromatic N) is 2. The minimum Gasteiger partial charge on any atom is -0.496 e. The highest BCUT2D eigenvalue weighted by Crippen LogP contribution is 2.19. The number of likely N-dealkylation sites (tertiary alicyclic amines) is 1. The van der Waals surface area contributed by atoms with Crippen LogP contribution in [0.5, 0.6) is 5.75 Å². The predicted molar refractivity (Wildman–Crippen MR) is 96.5 cm³/mol. The Labute approximate surface area is 140 Å². The summed E-state index contributed by atoms with van der Waals surface area (Å²) in [6.07, 6.45) is 3.47. The van der Waals surface area contributed by atoms with Gasteiger partial charge in [-0.15, -0.1) is 0 Å². The van der Waals surface area contributed by atoms with E-state index in [0.29, 0.717) is 6.04 Å². The normalized spacial score (nSPS) is 19.0. The molecule has 0 spiro atoms. The maximum absolute atomic E-state index is 5.43. The maximum atomic E-state index is 5.43. The first kappa shape index (κ1) is 17.6. The fraction of sp³-hybridized carbons (Fsp3) is 0.611. The molecule has 2 N–H and O–H groups in total. The Kier molecular flexibility index (Phi) is 6.71. The monoisotopic (exact) mass is 318 g/mol. The number of likely N-dealkylation sites (N-methyl/N-ethyl adjacent to an activating group) is 1. The molecule has 1 atom stereocenters. The molecule has 0 amide bonds. The van der Waals surface area contributed by atoms with E-state index in [2.05, 4.69) is 46.6 Å². The molecule has 128 valence electrons. The Bertz CT molecular complexity index is 530. The van der Waals surface area contributed by atoms with Crippen LogP contribution in [-0.4, -0.2) is 57.7 Å². The number of aryl methyl sites for hydroxylation is 1. The highest BCUT2D eigenvalue weighted by atomic mass is 16.5. The van der Waals surface area contributed by atoms with E-state index in [1.165, 1.54) is 30.5 Å². The molecule has 5 nitrogen and oxygen atoms in total. The fourth-order valence-electron chi connectivity index (χ4n) is 3.09. The van der Waals surface area contributed by atoms with Crippen LogP contribution in [0.3, 0.4) is 0 Å². The first-order valence-corrected chi connectivity index (χ1v) is 8.42. The smallest absolute Gasteiger partial charge is 0.191 e. The minimum absolute atomic E-state index is 0.616. The van der Waals surface area contributed by atoms with Gasteiger partial charge in [-0.05, 0) is 51.4 Å². The molecule has 1 unspecified atom stereocenters. The van der Waals surface area contributed by atoms with Crippen LogP contribution in [-0.2, 0) is 6.42 Å². The molecule has 2 rings (SSSR count). The van der Waals surface area contributed by atoms with Gasteiger partial charge in [0, 0.05) is 26.2 Å². The number of hydrogen-bond acceptors (Lipinski definition) is 3. The second-order valence-electron chi connectivity index (χ2n) is 6.22. The Balaban J connectivity index is 1.78. The molecular weight excluding hydrogens is 288 g/mol. The van der Waals surface area contributed by atoms with E-state index in [4.69, 9.17) is 4.74 Å². The van der Waals surface area contributed by atoms with Crippen LogP contribution in [0.4, 0.5) is 0 Å². The van der Waals surface area contributed by atoms with Gasteiger partial charge in [-0.1, -0.05) is 17.7 Å². The predicted octanol–water partition coefficient (Wildman–Crippen LogP) is 1.81. The molecule has 1 aromatic rings. The van der Waals surface area contributed by atoms with Crippen molar-refractivity contribution in [3.05, 3.63) is 29.3 Å². The van der Waals surface area contributed by atoms with Crippen LogP contribution in [0.1, 0.15) is 24.0 Å². The second-order valence-corrected chi connectivity index (χ2v) is 6.22. The molecule has 1 aliphatic heterocycles. The quantitative estimate of drug-likeness (QED) is 0.620. The maximum Gasteiger partial charge on any atom is 0.191 e. The molecule has 5 heteroatoms. The molecule has 1 aromatic carbocycles. The zero-order valence-electron chi connectivity index (χ0n) is 14.9. The summed E-state index contributed by atoms with van der Waals surface area (Å²) in [5.74, 6) is 1.82. The summed E-state index contributed by atoms with van der Waals surface area (Å²) in [7, 11) is 5.74. The van der Waals surface area contributed by atoms with Crippen molar-refractivity contribution in [1.82, 2.24) is 15.5 Å². The van der Waals surface area contributed by atoms with Crippen molar-refractivity contribution in [2.75, 3.05) is 40.8 Å². The van der Waals surface area contributed by atoms with E-state index >= 15 is 0 Å². The van der Waals surface area contributed by atoms with Gasteiger partial charge in [0.05, 0.1) is 7.11 Å². The molecule has 1 fully saturated rings. The summed E-state index contributed by atoms with van der Waals surface area (Å²) < 4.78 is 5.43. The summed E-state index contributed by atoms with van der Waals surface area (Å²) in [6.45, 7) is 5.09. The lowest BCUT2D eigenvalue weighted by molar-refractivity contribution is 0.309. The van der Waals surface area contributed by atoms with Crippen LogP contribution in [0.25, 0.3) is 0 Å². The van der Waals surface area contributed by atoms with Gasteiger partial charge in [0.2, 0.25) is 0 Å². The molecule has 0 bridgehead atoms. The van der Waals surface area contributed by atoms with Gasteiger partial charge < -0.3 is 20.3 Å². The third-order valence-corrected chi connectivity index (χ3v) is 4.52. The average molecular weight is 318 g/mol. The van der Waals surface area contributed by atoms with Crippen LogP contribution >= 0.6 is 0 Å². The lowest BCUT2D eigenvalue weighted by atomic mass is 10.1. The number of ether oxygens (including phenoxy) is 1. The molecule has 0 radical (unpaired) electrons. The molecule has 1 aliphatic rings. The van der Waals surface area contributed by atoms with Crippen molar-refractivity contribution in [2.45, 2.75) is 32.2 Å². The molecule has 0 aromatic heterocycles. The van der Waals surface area contributed by atoms with Gasteiger partial charge in [-0.25, -0.2) is 0 Å². The third kappa shape index (κ3) is 5.13. The van der Waals surface area contributed by atoms with Gasteiger partial charge in [0.15, 0.2) is 5.96 Å². The van der Waals surface area contributed by atoms with Gasteiger partial charge in [-0.3, -0.25) is 4.99 Å². The SMILES string of the molecule is CN=C(NCCc1cc(C)ccc1OC)NCC1CCCN1C. The third-order valence-electron chi connectivity index (χ3n) is 4.52. The van der Waals surface area contributed by atoms with Gasteiger partial charge >= 0.3 is 0 Å². The van der Waals surface area contributed by atoms with Crippen molar-refractivity contribution < 1.29 is 4.74 Å². The molecule has 1 heterocycles. The Morgan fingerprint density at radius 3 is 2.87 bits per heavy atom. The van der Waals surface area contributed by atoms with Gasteiger partial charge in [0.25, 0.3) is 0 Å². The van der Waals surface area contributed by atoms with Crippen LogP contribution in [0, 0.1) is 6.92 Å². The van der Waals surface area contributed by atoms with Crippen molar-refractivity contribution in [1.29, 1.82) is 0 Å². The van der Waals surface area contributed by atoms with E-state index in [1.54, 1.807) is 7.11 Å². The number of hydrogen-bond donors (Lipinski definition) is 2. The zero-order chi connectivity index (χ0) is 16.7. The number of nitrogens with one attached hydrogen (secondary N) is 2. The summed E-state index contributed by atoms with van der Waals surface area (Å²) in [5, 5.41) is 6.83. The number of guanidine groups is 1. The Morgan fingerprint density at radius 1 is 1.39 bits per heavy atom. The van der Waals surface area contributed by atoms with E-state index in [0.717, 1.165) is 31.2 Å². The first-order chi connectivity index (χ1) is 11.1. The van der Waals surface area contributed by atoms with E-state index in [1.807, 2.05) is 13.1 Å². The van der Waals surface area contributed by atoms with Crippen molar-refractivity contribution >= 4 is 5.96 Å². The molecule has 0 aliphatic carbocycles. The molecular formula is C18H30N4O. The van der Waals surface area contributed by atoms with E-state index in [9.17, 15) is 0 Å². The Morgan fingerprint density at radius 2 is 2.22 bits per heavy atom.